The van der Waals surface area contributed by atoms with E-state index in [1.807, 2.05) is 43.3 Å². The fourth-order valence-corrected chi connectivity index (χ4v) is 4.28. The van der Waals surface area contributed by atoms with Crippen LogP contribution in [0.5, 0.6) is 0 Å². The molecule has 1 unspecified atom stereocenters. The predicted molar refractivity (Wildman–Crippen MR) is 122 cm³/mol. The molecule has 4 aromatic rings. The van der Waals surface area contributed by atoms with Crippen LogP contribution in [-0.4, -0.2) is 4.98 Å². The third-order valence-corrected chi connectivity index (χ3v) is 6.13. The number of nitriles is 1. The molecule has 0 bridgehead atoms. The van der Waals surface area contributed by atoms with Crippen molar-refractivity contribution in [3.05, 3.63) is 111 Å². The first-order valence-electron chi connectivity index (χ1n) is 10.1. The van der Waals surface area contributed by atoms with Gasteiger partial charge in [-0.3, -0.25) is 4.98 Å². The van der Waals surface area contributed by atoms with Crippen molar-refractivity contribution in [2.45, 2.75) is 25.8 Å². The van der Waals surface area contributed by atoms with E-state index in [-0.39, 0.29) is 6.61 Å². The van der Waals surface area contributed by atoms with Gasteiger partial charge in [0.05, 0.1) is 34.2 Å². The van der Waals surface area contributed by atoms with Gasteiger partial charge in [0.1, 0.15) is 6.10 Å². The van der Waals surface area contributed by atoms with Gasteiger partial charge >= 0.3 is 6.18 Å². The number of ether oxygens (including phenoxy) is 1. The van der Waals surface area contributed by atoms with Crippen LogP contribution in [0.1, 0.15) is 38.8 Å². The molecule has 0 saturated heterocycles. The Morgan fingerprint density at radius 2 is 1.79 bits per heavy atom. The standard InChI is InChI=1S/C26H19F3N2OS/c1-17-4-2-3-5-22(17)23-12-19(8-9-20(23)13-30)25(24-14-31-16-33-24)32-15-18-6-10-21(11-7-18)26(27,28)29/h2-12,14,16,25H,15H2,1H3. The average Bonchev–Trinajstić information content (AvgIpc) is 3.34. The lowest BCUT2D eigenvalue weighted by molar-refractivity contribution is -0.137. The van der Waals surface area contributed by atoms with E-state index >= 15 is 0 Å². The minimum absolute atomic E-state index is 0.125. The zero-order valence-electron chi connectivity index (χ0n) is 17.6. The monoisotopic (exact) mass is 464 g/mol. The highest BCUT2D eigenvalue weighted by atomic mass is 32.1. The van der Waals surface area contributed by atoms with E-state index in [0.29, 0.717) is 11.1 Å². The van der Waals surface area contributed by atoms with Crippen LogP contribution in [0, 0.1) is 18.3 Å². The third-order valence-electron chi connectivity index (χ3n) is 5.31. The molecule has 0 aliphatic rings. The molecular weight excluding hydrogens is 445 g/mol. The van der Waals surface area contributed by atoms with E-state index in [2.05, 4.69) is 11.1 Å². The molecule has 0 fully saturated rings. The number of aromatic nitrogens is 1. The minimum Gasteiger partial charge on any atom is -0.363 e. The van der Waals surface area contributed by atoms with Gasteiger partial charge in [0.25, 0.3) is 0 Å². The fraction of sp³-hybridized carbons (Fsp3) is 0.154. The minimum atomic E-state index is -4.38. The first kappa shape index (κ1) is 22.7. The Morgan fingerprint density at radius 3 is 2.42 bits per heavy atom. The van der Waals surface area contributed by atoms with Crippen molar-refractivity contribution in [1.29, 1.82) is 5.26 Å². The Balaban J connectivity index is 1.67. The number of hydrogen-bond acceptors (Lipinski definition) is 4. The van der Waals surface area contributed by atoms with Crippen LogP contribution >= 0.6 is 11.3 Å². The zero-order chi connectivity index (χ0) is 23.4. The van der Waals surface area contributed by atoms with Gasteiger partial charge in [-0.25, -0.2) is 0 Å². The average molecular weight is 465 g/mol. The smallest absolute Gasteiger partial charge is 0.363 e. The number of rotatable bonds is 6. The number of aryl methyl sites for hydroxylation is 1. The van der Waals surface area contributed by atoms with Crippen LogP contribution < -0.4 is 0 Å². The molecular formula is C26H19F3N2OS. The van der Waals surface area contributed by atoms with Crippen molar-refractivity contribution >= 4 is 11.3 Å². The molecule has 0 radical (unpaired) electrons. The van der Waals surface area contributed by atoms with Crippen molar-refractivity contribution in [3.63, 3.8) is 0 Å². The van der Waals surface area contributed by atoms with Crippen LogP contribution in [0.25, 0.3) is 11.1 Å². The van der Waals surface area contributed by atoms with Gasteiger partial charge in [-0.2, -0.15) is 18.4 Å². The maximum Gasteiger partial charge on any atom is 0.416 e. The summed E-state index contributed by atoms with van der Waals surface area (Å²) in [5.41, 5.74) is 5.84. The summed E-state index contributed by atoms with van der Waals surface area (Å²) >= 11 is 1.43. The molecule has 3 aromatic carbocycles. The van der Waals surface area contributed by atoms with Gasteiger partial charge in [0.15, 0.2) is 0 Å². The number of thiazole rings is 1. The quantitative estimate of drug-likeness (QED) is 0.300. The fourth-order valence-electron chi connectivity index (χ4n) is 3.59. The second kappa shape index (κ2) is 9.57. The van der Waals surface area contributed by atoms with E-state index in [0.717, 1.165) is 39.3 Å². The first-order valence-corrected chi connectivity index (χ1v) is 11.0. The largest absolute Gasteiger partial charge is 0.416 e. The Kier molecular flexibility index (Phi) is 6.59. The third kappa shape index (κ3) is 5.14. The summed E-state index contributed by atoms with van der Waals surface area (Å²) in [6.45, 7) is 2.12. The Morgan fingerprint density at radius 1 is 1.03 bits per heavy atom. The molecule has 0 saturated carbocycles. The molecule has 3 nitrogen and oxygen atoms in total. The maximum atomic E-state index is 12.8. The molecule has 1 heterocycles. The van der Waals surface area contributed by atoms with Gasteiger partial charge in [-0.1, -0.05) is 42.5 Å². The molecule has 33 heavy (non-hydrogen) atoms. The highest BCUT2D eigenvalue weighted by molar-refractivity contribution is 7.09. The van der Waals surface area contributed by atoms with Gasteiger partial charge < -0.3 is 4.74 Å². The molecule has 4 rings (SSSR count). The van der Waals surface area contributed by atoms with Gasteiger partial charge in [0.2, 0.25) is 0 Å². The van der Waals surface area contributed by atoms with Crippen molar-refractivity contribution in [1.82, 2.24) is 4.98 Å². The number of alkyl halides is 3. The molecule has 1 atom stereocenters. The Labute approximate surface area is 193 Å². The Hall–Kier alpha value is -3.47. The molecule has 0 aliphatic carbocycles. The van der Waals surface area contributed by atoms with E-state index in [1.165, 1.54) is 23.5 Å². The summed E-state index contributed by atoms with van der Waals surface area (Å²) in [6.07, 6.45) is -3.14. The SMILES string of the molecule is Cc1ccccc1-c1cc(C(OCc2ccc(C(F)(F)F)cc2)c2cncs2)ccc1C#N. The van der Waals surface area contributed by atoms with Crippen molar-refractivity contribution in [2.24, 2.45) is 0 Å². The summed E-state index contributed by atoms with van der Waals surface area (Å²) in [6, 6.07) is 20.6. The molecule has 0 N–H and O–H groups in total. The van der Waals surface area contributed by atoms with Crippen molar-refractivity contribution in [2.75, 3.05) is 0 Å². The summed E-state index contributed by atoms with van der Waals surface area (Å²) in [5, 5.41) is 9.65. The molecule has 0 spiro atoms. The van der Waals surface area contributed by atoms with E-state index in [9.17, 15) is 18.4 Å². The van der Waals surface area contributed by atoms with Crippen molar-refractivity contribution in [3.8, 4) is 17.2 Å². The number of nitrogens with zero attached hydrogens (tertiary/aromatic N) is 2. The summed E-state index contributed by atoms with van der Waals surface area (Å²) in [4.78, 5) is 5.02. The molecule has 0 aliphatic heterocycles. The number of hydrogen-bond donors (Lipinski definition) is 0. The zero-order valence-corrected chi connectivity index (χ0v) is 18.5. The molecule has 0 amide bonds. The van der Waals surface area contributed by atoms with E-state index in [4.69, 9.17) is 4.74 Å². The van der Waals surface area contributed by atoms with Crippen molar-refractivity contribution < 1.29 is 17.9 Å². The lowest BCUT2D eigenvalue weighted by Crippen LogP contribution is -2.07. The van der Waals surface area contributed by atoms with Crippen LogP contribution in [-0.2, 0) is 17.5 Å². The van der Waals surface area contributed by atoms with Gasteiger partial charge in [-0.15, -0.1) is 11.3 Å². The van der Waals surface area contributed by atoms with Crippen LogP contribution in [0.2, 0.25) is 0 Å². The summed E-state index contributed by atoms with van der Waals surface area (Å²) in [5.74, 6) is 0. The molecule has 1 aromatic heterocycles. The highest BCUT2D eigenvalue weighted by Gasteiger charge is 2.30. The summed E-state index contributed by atoms with van der Waals surface area (Å²) < 4.78 is 44.7. The number of benzene rings is 3. The summed E-state index contributed by atoms with van der Waals surface area (Å²) in [7, 11) is 0. The highest BCUT2D eigenvalue weighted by Crippen LogP contribution is 2.35. The lowest BCUT2D eigenvalue weighted by Gasteiger charge is -2.19. The van der Waals surface area contributed by atoms with Crippen LogP contribution in [0.4, 0.5) is 13.2 Å². The topological polar surface area (TPSA) is 45.9 Å². The maximum absolute atomic E-state index is 12.8. The van der Waals surface area contributed by atoms with E-state index < -0.39 is 17.8 Å². The van der Waals surface area contributed by atoms with Crippen LogP contribution in [0.15, 0.2) is 78.4 Å². The molecule has 166 valence electrons. The first-order chi connectivity index (χ1) is 15.9. The van der Waals surface area contributed by atoms with Crippen LogP contribution in [0.3, 0.4) is 0 Å². The number of halogens is 3. The second-order valence-electron chi connectivity index (χ2n) is 7.52. The van der Waals surface area contributed by atoms with Gasteiger partial charge in [-0.05, 0) is 53.4 Å². The van der Waals surface area contributed by atoms with Gasteiger partial charge in [0, 0.05) is 11.8 Å². The van der Waals surface area contributed by atoms with E-state index in [1.54, 1.807) is 17.8 Å². The Bertz CT molecular complexity index is 1280. The predicted octanol–water partition coefficient (Wildman–Crippen LogP) is 7.32. The lowest BCUT2D eigenvalue weighted by atomic mass is 9.93. The molecule has 7 heteroatoms. The second-order valence-corrected chi connectivity index (χ2v) is 8.44. The normalized spacial score (nSPS) is 12.3.